The molecule has 1 aromatic rings. The molecule has 0 saturated heterocycles. The van der Waals surface area contributed by atoms with Crippen LogP contribution in [0.3, 0.4) is 0 Å². The number of nitriles is 1. The lowest BCUT2D eigenvalue weighted by atomic mass is 10.4. The molecule has 0 aromatic carbocycles. The highest BCUT2D eigenvalue weighted by molar-refractivity contribution is 7.89. The maximum atomic E-state index is 11.8. The number of sulfonamides is 1. The maximum Gasteiger partial charge on any atom is 0.242 e. The molecule has 0 aliphatic carbocycles. The Morgan fingerprint density at radius 2 is 2.29 bits per heavy atom. The zero-order chi connectivity index (χ0) is 12.9. The van der Waals surface area contributed by atoms with Gasteiger partial charge in [0.25, 0.3) is 0 Å². The monoisotopic (exact) mass is 255 g/mol. The Bertz CT molecular complexity index is 505. The molecule has 1 rings (SSSR count). The maximum absolute atomic E-state index is 11.8. The van der Waals surface area contributed by atoms with E-state index in [9.17, 15) is 8.42 Å². The molecule has 0 amide bonds. The second kappa shape index (κ2) is 5.72. The van der Waals surface area contributed by atoms with E-state index >= 15 is 0 Å². The van der Waals surface area contributed by atoms with Crippen LogP contribution in [0.25, 0.3) is 0 Å². The number of methoxy groups -OCH3 is 1. The van der Waals surface area contributed by atoms with Crippen molar-refractivity contribution in [3.05, 3.63) is 24.0 Å². The van der Waals surface area contributed by atoms with Crippen LogP contribution in [0.1, 0.15) is 12.6 Å². The van der Waals surface area contributed by atoms with E-state index in [0.29, 0.717) is 0 Å². The Morgan fingerprint density at radius 3 is 2.76 bits per heavy atom. The van der Waals surface area contributed by atoms with Gasteiger partial charge in [-0.1, -0.05) is 0 Å². The van der Waals surface area contributed by atoms with Crippen LogP contribution < -0.4 is 4.72 Å². The molecule has 0 saturated carbocycles. The Labute approximate surface area is 100 Å². The van der Waals surface area contributed by atoms with Crippen molar-refractivity contribution in [1.29, 1.82) is 5.26 Å². The lowest BCUT2D eigenvalue weighted by Crippen LogP contribution is -2.31. The molecule has 1 aromatic heterocycles. The second-order valence-corrected chi connectivity index (χ2v) is 5.16. The largest absolute Gasteiger partial charge is 0.380 e. The lowest BCUT2D eigenvalue weighted by molar-refractivity contribution is 0.122. The summed E-state index contributed by atoms with van der Waals surface area (Å²) in [4.78, 5) is 3.73. The van der Waals surface area contributed by atoms with Gasteiger partial charge in [-0.3, -0.25) is 0 Å². The Kier molecular flexibility index (Phi) is 4.57. The minimum atomic E-state index is -3.59. The van der Waals surface area contributed by atoms with Gasteiger partial charge in [-0.2, -0.15) is 5.26 Å². The van der Waals surface area contributed by atoms with E-state index in [0.717, 1.165) is 6.20 Å². The van der Waals surface area contributed by atoms with Gasteiger partial charge in [0, 0.05) is 19.9 Å². The van der Waals surface area contributed by atoms with E-state index in [-0.39, 0.29) is 23.2 Å². The molecule has 0 bridgehead atoms. The normalized spacial score (nSPS) is 13.0. The first-order valence-electron chi connectivity index (χ1n) is 4.88. The Hall–Kier alpha value is -1.49. The second-order valence-electron chi connectivity index (χ2n) is 3.39. The predicted octanol–water partition coefficient (Wildman–Crippen LogP) is 0.266. The zero-order valence-electron chi connectivity index (χ0n) is 9.54. The number of ether oxygens (including phenoxy) is 1. The van der Waals surface area contributed by atoms with Gasteiger partial charge >= 0.3 is 0 Å². The highest BCUT2D eigenvalue weighted by Gasteiger charge is 2.15. The number of pyridine rings is 1. The van der Waals surface area contributed by atoms with Gasteiger partial charge in [0.05, 0.1) is 6.10 Å². The number of nitrogens with zero attached hydrogens (tertiary/aromatic N) is 2. The number of nitrogens with one attached hydrogen (secondary N) is 1. The summed E-state index contributed by atoms with van der Waals surface area (Å²) in [7, 11) is -2.09. The summed E-state index contributed by atoms with van der Waals surface area (Å²) in [5.41, 5.74) is 0.175. The van der Waals surface area contributed by atoms with Crippen molar-refractivity contribution in [2.24, 2.45) is 0 Å². The van der Waals surface area contributed by atoms with Crippen molar-refractivity contribution >= 4 is 10.0 Å². The molecule has 0 radical (unpaired) electrons. The molecule has 0 aliphatic heterocycles. The average molecular weight is 255 g/mol. The number of hydrogen-bond acceptors (Lipinski definition) is 5. The molecule has 1 unspecified atom stereocenters. The van der Waals surface area contributed by atoms with Crippen LogP contribution in [0.2, 0.25) is 0 Å². The number of aromatic nitrogens is 1. The third-order valence-electron chi connectivity index (χ3n) is 2.12. The van der Waals surface area contributed by atoms with Crippen LogP contribution in [-0.4, -0.2) is 33.2 Å². The Balaban J connectivity index is 2.79. The van der Waals surface area contributed by atoms with Gasteiger partial charge in [-0.25, -0.2) is 18.1 Å². The first-order chi connectivity index (χ1) is 7.99. The number of hydrogen-bond donors (Lipinski definition) is 1. The summed E-state index contributed by atoms with van der Waals surface area (Å²) in [6.07, 6.45) is 0.939. The summed E-state index contributed by atoms with van der Waals surface area (Å²) in [5.74, 6) is 0. The van der Waals surface area contributed by atoms with Crippen LogP contribution >= 0.6 is 0 Å². The van der Waals surface area contributed by atoms with E-state index in [1.807, 2.05) is 6.07 Å². The van der Waals surface area contributed by atoms with Crippen LogP contribution in [0.15, 0.2) is 23.2 Å². The van der Waals surface area contributed by atoms with E-state index in [1.165, 1.54) is 19.2 Å². The molecule has 1 N–H and O–H groups in total. The van der Waals surface area contributed by atoms with Crippen LogP contribution in [0.5, 0.6) is 0 Å². The molecule has 92 valence electrons. The van der Waals surface area contributed by atoms with Gasteiger partial charge in [-0.15, -0.1) is 0 Å². The summed E-state index contributed by atoms with van der Waals surface area (Å²) in [5, 5.41) is 8.55. The predicted molar refractivity (Wildman–Crippen MR) is 60.6 cm³/mol. The van der Waals surface area contributed by atoms with Crippen LogP contribution in [0.4, 0.5) is 0 Å². The molecular formula is C10H13N3O3S. The van der Waals surface area contributed by atoms with E-state index in [1.54, 1.807) is 6.92 Å². The summed E-state index contributed by atoms with van der Waals surface area (Å²) < 4.78 is 30.8. The van der Waals surface area contributed by atoms with Gasteiger partial charge in [0.1, 0.15) is 16.7 Å². The standard InChI is InChI=1S/C10H13N3O3S/c1-8(16-2)6-13-17(14,15)10-4-3-9(5-11)12-7-10/h3-4,7-8,13H,6H2,1-2H3. The van der Waals surface area contributed by atoms with Gasteiger partial charge < -0.3 is 4.74 Å². The van der Waals surface area contributed by atoms with Gasteiger partial charge in [0.2, 0.25) is 10.0 Å². The molecule has 7 heteroatoms. The molecule has 0 spiro atoms. The molecule has 1 heterocycles. The van der Waals surface area contributed by atoms with E-state index in [4.69, 9.17) is 10.00 Å². The Morgan fingerprint density at radius 1 is 1.59 bits per heavy atom. The minimum Gasteiger partial charge on any atom is -0.380 e. The fourth-order valence-electron chi connectivity index (χ4n) is 0.999. The molecular weight excluding hydrogens is 242 g/mol. The summed E-state index contributed by atoms with van der Waals surface area (Å²) >= 11 is 0. The SMILES string of the molecule is COC(C)CNS(=O)(=O)c1ccc(C#N)nc1. The molecule has 6 nitrogen and oxygen atoms in total. The highest BCUT2D eigenvalue weighted by atomic mass is 32.2. The molecule has 1 atom stereocenters. The third-order valence-corrected chi connectivity index (χ3v) is 3.53. The summed E-state index contributed by atoms with van der Waals surface area (Å²) in [6, 6.07) is 4.51. The van der Waals surface area contributed by atoms with Gasteiger partial charge in [0.15, 0.2) is 0 Å². The molecule has 17 heavy (non-hydrogen) atoms. The van der Waals surface area contributed by atoms with E-state index < -0.39 is 10.0 Å². The first kappa shape index (κ1) is 13.6. The van der Waals surface area contributed by atoms with Gasteiger partial charge in [-0.05, 0) is 19.1 Å². The molecule has 0 fully saturated rings. The smallest absolute Gasteiger partial charge is 0.242 e. The zero-order valence-corrected chi connectivity index (χ0v) is 10.4. The van der Waals surface area contributed by atoms with Crippen molar-refractivity contribution < 1.29 is 13.2 Å². The lowest BCUT2D eigenvalue weighted by Gasteiger charge is -2.11. The fraction of sp³-hybridized carbons (Fsp3) is 0.400. The van der Waals surface area contributed by atoms with Crippen molar-refractivity contribution in [3.63, 3.8) is 0 Å². The van der Waals surface area contributed by atoms with Crippen LogP contribution in [0, 0.1) is 11.3 Å². The fourth-order valence-corrected chi connectivity index (χ4v) is 2.06. The van der Waals surface area contributed by atoms with Crippen molar-refractivity contribution in [2.45, 2.75) is 17.9 Å². The quantitative estimate of drug-likeness (QED) is 0.815. The number of rotatable bonds is 5. The minimum absolute atomic E-state index is 0.0276. The summed E-state index contributed by atoms with van der Waals surface area (Å²) in [6.45, 7) is 1.93. The molecule has 0 aliphatic rings. The average Bonchev–Trinajstić information content (AvgIpc) is 2.36. The highest BCUT2D eigenvalue weighted by Crippen LogP contribution is 2.07. The van der Waals surface area contributed by atoms with Crippen LogP contribution in [-0.2, 0) is 14.8 Å². The van der Waals surface area contributed by atoms with Crippen molar-refractivity contribution in [3.8, 4) is 6.07 Å². The van der Waals surface area contributed by atoms with Crippen molar-refractivity contribution in [2.75, 3.05) is 13.7 Å². The first-order valence-corrected chi connectivity index (χ1v) is 6.36. The topological polar surface area (TPSA) is 92.1 Å². The van der Waals surface area contributed by atoms with Crippen molar-refractivity contribution in [1.82, 2.24) is 9.71 Å². The third kappa shape index (κ3) is 3.78. The van der Waals surface area contributed by atoms with E-state index in [2.05, 4.69) is 9.71 Å².